The molecule has 0 saturated carbocycles. The largest absolute Gasteiger partial charge is 0.491 e. The maximum Gasteiger partial charge on any atom is 0.232 e. The van der Waals surface area contributed by atoms with Gasteiger partial charge in [0.2, 0.25) is 11.7 Å². The maximum atomic E-state index is 12.6. The van der Waals surface area contributed by atoms with Crippen molar-refractivity contribution in [3.63, 3.8) is 0 Å². The van der Waals surface area contributed by atoms with E-state index in [1.165, 1.54) is 6.92 Å². The molecule has 0 radical (unpaired) electrons. The van der Waals surface area contributed by atoms with E-state index in [2.05, 4.69) is 5.32 Å². The van der Waals surface area contributed by atoms with Gasteiger partial charge in [0.05, 0.1) is 11.7 Å². The fourth-order valence-electron chi connectivity index (χ4n) is 2.57. The number of hydrogen-bond acceptors (Lipinski definition) is 4. The molecule has 3 rings (SSSR count). The van der Waals surface area contributed by atoms with Gasteiger partial charge >= 0.3 is 0 Å². The van der Waals surface area contributed by atoms with E-state index >= 15 is 0 Å². The topological polar surface area (TPSA) is 64.6 Å². The van der Waals surface area contributed by atoms with Crippen molar-refractivity contribution >= 4 is 23.5 Å². The molecule has 0 spiro atoms. The molecule has 1 heterocycles. The summed E-state index contributed by atoms with van der Waals surface area (Å²) < 4.78 is 11.3. The molecule has 1 amide bonds. The molecular formula is C20H19NO4. The van der Waals surface area contributed by atoms with Crippen molar-refractivity contribution in [3.05, 3.63) is 59.4 Å². The van der Waals surface area contributed by atoms with Crippen LogP contribution in [-0.4, -0.2) is 17.8 Å². The van der Waals surface area contributed by atoms with Crippen LogP contribution in [0.25, 0.3) is 6.08 Å². The van der Waals surface area contributed by atoms with Crippen molar-refractivity contribution in [2.75, 3.05) is 5.32 Å². The summed E-state index contributed by atoms with van der Waals surface area (Å²) in [5.41, 5.74) is 1.82. The first-order valence-electron chi connectivity index (χ1n) is 8.05. The third kappa shape index (κ3) is 3.88. The normalized spacial score (nSPS) is 14.4. The van der Waals surface area contributed by atoms with Crippen LogP contribution >= 0.6 is 0 Å². The van der Waals surface area contributed by atoms with Crippen molar-refractivity contribution < 1.29 is 19.1 Å². The number of anilines is 1. The summed E-state index contributed by atoms with van der Waals surface area (Å²) in [6, 6.07) is 12.5. The van der Waals surface area contributed by atoms with Gasteiger partial charge in [0.15, 0.2) is 5.76 Å². The molecule has 0 fully saturated rings. The van der Waals surface area contributed by atoms with Gasteiger partial charge in [0.25, 0.3) is 0 Å². The summed E-state index contributed by atoms with van der Waals surface area (Å²) in [5.74, 6) is 1.07. The highest BCUT2D eigenvalue weighted by atomic mass is 16.5. The Hall–Kier alpha value is -3.08. The van der Waals surface area contributed by atoms with Crippen LogP contribution in [0.3, 0.4) is 0 Å². The van der Waals surface area contributed by atoms with Crippen LogP contribution < -0.4 is 14.8 Å². The molecule has 0 unspecified atom stereocenters. The summed E-state index contributed by atoms with van der Waals surface area (Å²) in [6.45, 7) is 5.33. The summed E-state index contributed by atoms with van der Waals surface area (Å²) >= 11 is 0. The zero-order chi connectivity index (χ0) is 18.0. The number of nitrogens with one attached hydrogen (secondary N) is 1. The smallest absolute Gasteiger partial charge is 0.232 e. The zero-order valence-corrected chi connectivity index (χ0v) is 14.3. The number of ether oxygens (including phenoxy) is 2. The van der Waals surface area contributed by atoms with Crippen LogP contribution in [0.2, 0.25) is 0 Å². The molecule has 0 aromatic heterocycles. The SMILES string of the molecule is CC(=O)Nc1ccc2c(c1)C(=O)/C(=C/c1cccc(OC(C)C)c1)O2. The van der Waals surface area contributed by atoms with Gasteiger partial charge in [-0.2, -0.15) is 0 Å². The molecule has 1 N–H and O–H groups in total. The summed E-state index contributed by atoms with van der Waals surface area (Å²) in [7, 11) is 0. The number of fused-ring (bicyclic) bond motifs is 1. The van der Waals surface area contributed by atoms with Crippen LogP contribution in [0.5, 0.6) is 11.5 Å². The lowest BCUT2D eigenvalue weighted by Gasteiger charge is -2.09. The Bertz CT molecular complexity index is 868. The number of carbonyl (C=O) groups excluding carboxylic acids is 2. The van der Waals surface area contributed by atoms with Gasteiger partial charge in [-0.05, 0) is 55.8 Å². The Balaban J connectivity index is 1.86. The van der Waals surface area contributed by atoms with E-state index in [0.717, 1.165) is 11.3 Å². The van der Waals surface area contributed by atoms with Crippen molar-refractivity contribution in [2.24, 2.45) is 0 Å². The van der Waals surface area contributed by atoms with Gasteiger partial charge < -0.3 is 14.8 Å². The first-order valence-corrected chi connectivity index (χ1v) is 8.05. The number of benzene rings is 2. The highest BCUT2D eigenvalue weighted by molar-refractivity contribution is 6.15. The molecule has 1 aliphatic heterocycles. The minimum Gasteiger partial charge on any atom is -0.491 e. The minimum absolute atomic E-state index is 0.0729. The Morgan fingerprint density at radius 2 is 2.00 bits per heavy atom. The number of hydrogen-bond donors (Lipinski definition) is 1. The lowest BCUT2D eigenvalue weighted by Crippen LogP contribution is -2.06. The van der Waals surface area contributed by atoms with E-state index in [0.29, 0.717) is 17.0 Å². The number of ketones is 1. The van der Waals surface area contributed by atoms with Crippen LogP contribution in [0.15, 0.2) is 48.2 Å². The lowest BCUT2D eigenvalue weighted by atomic mass is 10.1. The molecule has 5 nitrogen and oxygen atoms in total. The molecule has 0 atom stereocenters. The van der Waals surface area contributed by atoms with Gasteiger partial charge in [0, 0.05) is 12.6 Å². The van der Waals surface area contributed by atoms with E-state index in [1.807, 2.05) is 38.1 Å². The average molecular weight is 337 g/mol. The quantitative estimate of drug-likeness (QED) is 0.855. The van der Waals surface area contributed by atoms with Crippen LogP contribution in [0, 0.1) is 0 Å². The monoisotopic (exact) mass is 337 g/mol. The minimum atomic E-state index is -0.211. The summed E-state index contributed by atoms with van der Waals surface area (Å²) in [5, 5.41) is 2.66. The van der Waals surface area contributed by atoms with Gasteiger partial charge in [-0.15, -0.1) is 0 Å². The molecule has 128 valence electrons. The van der Waals surface area contributed by atoms with Crippen molar-refractivity contribution in [3.8, 4) is 11.5 Å². The second-order valence-corrected chi connectivity index (χ2v) is 6.07. The van der Waals surface area contributed by atoms with Crippen molar-refractivity contribution in [2.45, 2.75) is 26.9 Å². The zero-order valence-electron chi connectivity index (χ0n) is 14.3. The van der Waals surface area contributed by atoms with E-state index in [9.17, 15) is 9.59 Å². The Kier molecular flexibility index (Phi) is 4.57. The third-order valence-electron chi connectivity index (χ3n) is 3.52. The van der Waals surface area contributed by atoms with Crippen LogP contribution in [0.1, 0.15) is 36.7 Å². The predicted octanol–water partition coefficient (Wildman–Crippen LogP) is 4.05. The fraction of sp³-hybridized carbons (Fsp3) is 0.200. The second-order valence-electron chi connectivity index (χ2n) is 6.07. The standard InChI is InChI=1S/C20H19NO4/c1-12(2)24-16-6-4-5-14(9-16)10-19-20(23)17-11-15(21-13(3)22)7-8-18(17)25-19/h4-12H,1-3H3,(H,21,22)/b19-10-. The average Bonchev–Trinajstić information content (AvgIpc) is 2.83. The highest BCUT2D eigenvalue weighted by Crippen LogP contribution is 2.34. The number of Topliss-reactive ketones (excluding diaryl/α,β-unsaturated/α-hetero) is 1. The molecule has 1 aliphatic rings. The second kappa shape index (κ2) is 6.81. The predicted molar refractivity (Wildman–Crippen MR) is 95.9 cm³/mol. The Labute approximate surface area is 146 Å². The van der Waals surface area contributed by atoms with Crippen LogP contribution in [0.4, 0.5) is 5.69 Å². The van der Waals surface area contributed by atoms with Crippen molar-refractivity contribution in [1.29, 1.82) is 0 Å². The molecule has 25 heavy (non-hydrogen) atoms. The van der Waals surface area contributed by atoms with Gasteiger partial charge in [-0.3, -0.25) is 9.59 Å². The Morgan fingerprint density at radius 3 is 2.72 bits per heavy atom. The van der Waals surface area contributed by atoms with Gasteiger partial charge in [-0.1, -0.05) is 12.1 Å². The first kappa shape index (κ1) is 16.8. The number of amides is 1. The van der Waals surface area contributed by atoms with E-state index in [4.69, 9.17) is 9.47 Å². The van der Waals surface area contributed by atoms with E-state index in [-0.39, 0.29) is 23.6 Å². The molecule has 2 aromatic rings. The number of allylic oxidation sites excluding steroid dienone is 1. The van der Waals surface area contributed by atoms with Gasteiger partial charge in [0.1, 0.15) is 11.5 Å². The van der Waals surface area contributed by atoms with E-state index in [1.54, 1.807) is 24.3 Å². The maximum absolute atomic E-state index is 12.6. The summed E-state index contributed by atoms with van der Waals surface area (Å²) in [6.07, 6.45) is 1.76. The molecule has 2 aromatic carbocycles. The van der Waals surface area contributed by atoms with E-state index < -0.39 is 0 Å². The number of rotatable bonds is 4. The molecular weight excluding hydrogens is 318 g/mol. The van der Waals surface area contributed by atoms with Crippen LogP contribution in [-0.2, 0) is 4.79 Å². The fourth-order valence-corrected chi connectivity index (χ4v) is 2.57. The third-order valence-corrected chi connectivity index (χ3v) is 3.52. The molecule has 0 saturated heterocycles. The first-order chi connectivity index (χ1) is 11.9. The highest BCUT2D eigenvalue weighted by Gasteiger charge is 2.27. The Morgan fingerprint density at radius 1 is 1.20 bits per heavy atom. The molecule has 0 bridgehead atoms. The lowest BCUT2D eigenvalue weighted by molar-refractivity contribution is -0.114. The molecule has 0 aliphatic carbocycles. The summed E-state index contributed by atoms with van der Waals surface area (Å²) in [4.78, 5) is 23.7. The van der Waals surface area contributed by atoms with Gasteiger partial charge in [-0.25, -0.2) is 0 Å². The molecule has 5 heteroatoms. The number of carbonyl (C=O) groups is 2. The van der Waals surface area contributed by atoms with Crippen molar-refractivity contribution in [1.82, 2.24) is 0 Å².